The summed E-state index contributed by atoms with van der Waals surface area (Å²) < 4.78 is 5.88. The van der Waals surface area contributed by atoms with Crippen molar-refractivity contribution in [3.63, 3.8) is 0 Å². The molecule has 0 bridgehead atoms. The monoisotopic (exact) mass is 275 g/mol. The lowest BCUT2D eigenvalue weighted by Gasteiger charge is -2.45. The van der Waals surface area contributed by atoms with Crippen molar-refractivity contribution in [1.82, 2.24) is 0 Å². The first-order valence-corrected chi connectivity index (χ1v) is 7.24. The Hall–Kier alpha value is -1.75. The minimum absolute atomic E-state index is 0.274. The summed E-state index contributed by atoms with van der Waals surface area (Å²) >= 11 is 0. The van der Waals surface area contributed by atoms with Crippen LogP contribution < -0.4 is 16.4 Å². The van der Waals surface area contributed by atoms with Crippen molar-refractivity contribution < 1.29 is 9.53 Å². The zero-order valence-electron chi connectivity index (χ0n) is 11.5. The molecule has 5 heteroatoms. The number of hydrogen-bond acceptors (Lipinski definition) is 4. The van der Waals surface area contributed by atoms with Crippen molar-refractivity contribution in [3.05, 3.63) is 23.8 Å². The minimum atomic E-state index is -0.425. The van der Waals surface area contributed by atoms with Crippen LogP contribution in [0, 0.1) is 0 Å². The highest BCUT2D eigenvalue weighted by molar-refractivity contribution is 5.99. The molecule has 1 saturated carbocycles. The van der Waals surface area contributed by atoms with Gasteiger partial charge in [0.15, 0.2) is 0 Å². The topological polar surface area (TPSA) is 81.6 Å². The number of morpholine rings is 1. The predicted molar refractivity (Wildman–Crippen MR) is 78.7 cm³/mol. The molecule has 0 radical (unpaired) electrons. The molecule has 0 aromatic heterocycles. The summed E-state index contributed by atoms with van der Waals surface area (Å²) in [7, 11) is 0. The van der Waals surface area contributed by atoms with Crippen LogP contribution in [0.3, 0.4) is 0 Å². The van der Waals surface area contributed by atoms with Crippen molar-refractivity contribution in [2.75, 3.05) is 23.8 Å². The van der Waals surface area contributed by atoms with E-state index in [4.69, 9.17) is 16.2 Å². The van der Waals surface area contributed by atoms with Gasteiger partial charge in [-0.15, -0.1) is 0 Å². The van der Waals surface area contributed by atoms with Crippen LogP contribution in [-0.2, 0) is 4.74 Å². The number of ether oxygens (including phenoxy) is 1. The van der Waals surface area contributed by atoms with Gasteiger partial charge in [-0.05, 0) is 31.0 Å². The summed E-state index contributed by atoms with van der Waals surface area (Å²) in [6.45, 7) is 1.50. The lowest BCUT2D eigenvalue weighted by Crippen LogP contribution is -2.53. The van der Waals surface area contributed by atoms with E-state index in [2.05, 4.69) is 4.90 Å². The summed E-state index contributed by atoms with van der Waals surface area (Å²) in [5.74, 6) is -0.425. The Morgan fingerprint density at radius 1 is 1.30 bits per heavy atom. The molecule has 1 aromatic rings. The Balaban J connectivity index is 1.96. The predicted octanol–water partition coefficient (Wildman–Crippen LogP) is 1.52. The highest BCUT2D eigenvalue weighted by Gasteiger charge is 2.35. The maximum absolute atomic E-state index is 11.7. The molecule has 1 saturated heterocycles. The maximum atomic E-state index is 11.7. The highest BCUT2D eigenvalue weighted by Crippen LogP contribution is 2.34. The average molecular weight is 275 g/mol. The third kappa shape index (κ3) is 2.33. The van der Waals surface area contributed by atoms with Gasteiger partial charge in [-0.25, -0.2) is 0 Å². The normalized spacial score (nSPS) is 26.1. The van der Waals surface area contributed by atoms with Crippen molar-refractivity contribution >= 4 is 17.3 Å². The molecular weight excluding hydrogens is 254 g/mol. The molecule has 20 heavy (non-hydrogen) atoms. The number of rotatable bonds is 2. The highest BCUT2D eigenvalue weighted by atomic mass is 16.5. The van der Waals surface area contributed by atoms with Crippen LogP contribution in [0.25, 0.3) is 0 Å². The fourth-order valence-electron chi connectivity index (χ4n) is 3.40. The number of carbonyl (C=O) groups excluding carboxylic acids is 1. The van der Waals surface area contributed by atoms with Crippen molar-refractivity contribution in [2.24, 2.45) is 5.73 Å². The zero-order chi connectivity index (χ0) is 14.1. The van der Waals surface area contributed by atoms with Crippen LogP contribution in [0.2, 0.25) is 0 Å². The molecule has 5 nitrogen and oxygen atoms in total. The Kier molecular flexibility index (Phi) is 3.53. The molecule has 1 aliphatic carbocycles. The molecule has 0 spiro atoms. The molecular formula is C15H21N3O2. The molecule has 108 valence electrons. The Bertz CT molecular complexity index is 516. The lowest BCUT2D eigenvalue weighted by atomic mass is 9.89. The smallest absolute Gasteiger partial charge is 0.250 e. The first-order chi connectivity index (χ1) is 9.66. The Morgan fingerprint density at radius 2 is 2.10 bits per heavy atom. The maximum Gasteiger partial charge on any atom is 0.250 e. The summed E-state index contributed by atoms with van der Waals surface area (Å²) in [4.78, 5) is 14.0. The number of anilines is 2. The largest absolute Gasteiger partial charge is 0.399 e. The third-order valence-corrected chi connectivity index (χ3v) is 4.33. The first-order valence-electron chi connectivity index (χ1n) is 7.24. The number of fused-ring (bicyclic) bond motifs is 1. The van der Waals surface area contributed by atoms with Crippen LogP contribution in [0.1, 0.15) is 36.0 Å². The molecule has 2 aliphatic rings. The van der Waals surface area contributed by atoms with Crippen LogP contribution in [0.15, 0.2) is 18.2 Å². The van der Waals surface area contributed by atoms with Gasteiger partial charge in [-0.3, -0.25) is 4.79 Å². The number of primary amides is 1. The van der Waals surface area contributed by atoms with E-state index in [0.717, 1.165) is 25.1 Å². The molecule has 2 unspecified atom stereocenters. The molecule has 4 N–H and O–H groups in total. The van der Waals surface area contributed by atoms with E-state index in [1.54, 1.807) is 6.07 Å². The standard InChI is InChI=1S/C15H21N3O2/c16-10-5-6-12(11(9-10)15(17)19)18-7-8-20-14-4-2-1-3-13(14)18/h5-6,9,13-14H,1-4,7-8,16H2,(H2,17,19). The molecule has 1 aromatic carbocycles. The molecule has 1 heterocycles. The van der Waals surface area contributed by atoms with Crippen molar-refractivity contribution in [3.8, 4) is 0 Å². The minimum Gasteiger partial charge on any atom is -0.399 e. The average Bonchev–Trinajstić information content (AvgIpc) is 2.46. The van der Waals surface area contributed by atoms with Crippen LogP contribution in [-0.4, -0.2) is 31.2 Å². The Labute approximate surface area is 118 Å². The number of carbonyl (C=O) groups is 1. The van der Waals surface area contributed by atoms with Gasteiger partial charge in [-0.2, -0.15) is 0 Å². The second kappa shape index (κ2) is 5.32. The molecule has 1 aliphatic heterocycles. The molecule has 3 rings (SSSR count). The summed E-state index contributed by atoms with van der Waals surface area (Å²) in [5.41, 5.74) is 13.3. The van der Waals surface area contributed by atoms with E-state index in [1.807, 2.05) is 12.1 Å². The van der Waals surface area contributed by atoms with Crippen molar-refractivity contribution in [2.45, 2.75) is 37.8 Å². The van der Waals surface area contributed by atoms with Gasteiger partial charge < -0.3 is 21.1 Å². The van der Waals surface area contributed by atoms with Gasteiger partial charge in [0.1, 0.15) is 0 Å². The van der Waals surface area contributed by atoms with E-state index in [1.165, 1.54) is 12.8 Å². The van der Waals surface area contributed by atoms with Gasteiger partial charge in [0, 0.05) is 12.2 Å². The second-order valence-corrected chi connectivity index (χ2v) is 5.60. The van der Waals surface area contributed by atoms with Gasteiger partial charge in [0.25, 0.3) is 5.91 Å². The van der Waals surface area contributed by atoms with E-state index in [-0.39, 0.29) is 6.10 Å². The number of benzene rings is 1. The van der Waals surface area contributed by atoms with Crippen LogP contribution in [0.5, 0.6) is 0 Å². The van der Waals surface area contributed by atoms with Gasteiger partial charge in [0.05, 0.1) is 30.0 Å². The summed E-state index contributed by atoms with van der Waals surface area (Å²) in [6.07, 6.45) is 4.91. The van der Waals surface area contributed by atoms with Gasteiger partial charge >= 0.3 is 0 Å². The quantitative estimate of drug-likeness (QED) is 0.802. The number of amides is 1. The lowest BCUT2D eigenvalue weighted by molar-refractivity contribution is -0.00872. The van der Waals surface area contributed by atoms with E-state index < -0.39 is 5.91 Å². The molecule has 2 fully saturated rings. The molecule has 1 amide bonds. The zero-order valence-corrected chi connectivity index (χ0v) is 11.5. The number of nitrogens with two attached hydrogens (primary N) is 2. The first kappa shape index (κ1) is 13.2. The SMILES string of the molecule is NC(=O)c1cc(N)ccc1N1CCOC2CCCCC21. The fourth-order valence-corrected chi connectivity index (χ4v) is 3.40. The number of nitrogens with zero attached hydrogens (tertiary/aromatic N) is 1. The van der Waals surface area contributed by atoms with E-state index in [0.29, 0.717) is 23.9 Å². The fraction of sp³-hybridized carbons (Fsp3) is 0.533. The molecule has 2 atom stereocenters. The summed E-state index contributed by atoms with van der Waals surface area (Å²) in [5, 5.41) is 0. The van der Waals surface area contributed by atoms with E-state index in [9.17, 15) is 4.79 Å². The number of nitrogen functional groups attached to an aromatic ring is 1. The second-order valence-electron chi connectivity index (χ2n) is 5.60. The van der Waals surface area contributed by atoms with E-state index >= 15 is 0 Å². The van der Waals surface area contributed by atoms with Crippen LogP contribution in [0.4, 0.5) is 11.4 Å². The third-order valence-electron chi connectivity index (χ3n) is 4.33. The number of hydrogen-bond donors (Lipinski definition) is 2. The Morgan fingerprint density at radius 3 is 2.90 bits per heavy atom. The van der Waals surface area contributed by atoms with Crippen molar-refractivity contribution in [1.29, 1.82) is 0 Å². The van der Waals surface area contributed by atoms with Crippen LogP contribution >= 0.6 is 0 Å². The summed E-state index contributed by atoms with van der Waals surface area (Å²) in [6, 6.07) is 5.76. The van der Waals surface area contributed by atoms with Gasteiger partial charge in [-0.1, -0.05) is 12.8 Å². The van der Waals surface area contributed by atoms with Gasteiger partial charge in [0.2, 0.25) is 0 Å².